The van der Waals surface area contributed by atoms with Gasteiger partial charge in [0.05, 0.1) is 18.9 Å². The molecule has 0 unspecified atom stereocenters. The minimum absolute atomic E-state index is 0.139. The summed E-state index contributed by atoms with van der Waals surface area (Å²) in [6.45, 7) is 9.07. The Morgan fingerprint density at radius 1 is 0.900 bits per heavy atom. The molecule has 3 heterocycles. The number of rotatable bonds is 11. The largest absolute Gasteiger partial charge is 0.378 e. The number of ether oxygens (including phenoxy) is 1. The average Bonchev–Trinajstić information content (AvgIpc) is 3.02. The zero-order chi connectivity index (χ0) is 27.6. The fourth-order valence-corrected chi connectivity index (χ4v) is 5.87. The van der Waals surface area contributed by atoms with Gasteiger partial charge in [0.15, 0.2) is 0 Å². The molecule has 0 radical (unpaired) electrons. The summed E-state index contributed by atoms with van der Waals surface area (Å²) in [5, 5.41) is 0. The van der Waals surface area contributed by atoms with Crippen molar-refractivity contribution in [2.75, 3.05) is 44.3 Å². The van der Waals surface area contributed by atoms with E-state index in [9.17, 15) is 4.79 Å². The lowest BCUT2D eigenvalue weighted by atomic mass is 9.99. The number of hydrogen-bond donors (Lipinski definition) is 0. The van der Waals surface area contributed by atoms with E-state index in [1.807, 2.05) is 24.4 Å². The van der Waals surface area contributed by atoms with Crippen molar-refractivity contribution in [3.8, 4) is 0 Å². The maximum Gasteiger partial charge on any atom is 0.254 e. The predicted molar refractivity (Wildman–Crippen MR) is 162 cm³/mol. The second kappa shape index (κ2) is 14.4. The van der Waals surface area contributed by atoms with Gasteiger partial charge in [0.25, 0.3) is 5.91 Å². The molecule has 6 heteroatoms. The zero-order valence-electron chi connectivity index (χ0n) is 24.0. The highest BCUT2D eigenvalue weighted by molar-refractivity contribution is 5.94. The molecule has 2 aliphatic rings. The highest BCUT2D eigenvalue weighted by Crippen LogP contribution is 2.24. The third kappa shape index (κ3) is 7.70. The number of piperidine rings is 1. The van der Waals surface area contributed by atoms with Gasteiger partial charge in [-0.05, 0) is 73.2 Å². The second-order valence-electron chi connectivity index (χ2n) is 11.2. The Hall–Kier alpha value is -3.22. The van der Waals surface area contributed by atoms with Crippen LogP contribution in [0, 0.1) is 0 Å². The quantitative estimate of drug-likeness (QED) is 0.281. The van der Waals surface area contributed by atoms with E-state index in [1.165, 1.54) is 36.1 Å². The Labute approximate surface area is 240 Å². The predicted octanol–water partition coefficient (Wildman–Crippen LogP) is 5.96. The van der Waals surface area contributed by atoms with Crippen LogP contribution in [0.2, 0.25) is 0 Å². The van der Waals surface area contributed by atoms with Crippen LogP contribution in [-0.4, -0.2) is 66.1 Å². The fourth-order valence-electron chi connectivity index (χ4n) is 5.87. The molecular weight excluding hydrogens is 496 g/mol. The van der Waals surface area contributed by atoms with E-state index in [0.29, 0.717) is 6.54 Å². The number of hydrogen-bond acceptors (Lipinski definition) is 5. The average molecular weight is 541 g/mol. The number of carbonyl (C=O) groups excluding carboxylic acids is 1. The summed E-state index contributed by atoms with van der Waals surface area (Å²) in [5.41, 5.74) is 5.62. The van der Waals surface area contributed by atoms with Crippen LogP contribution in [0.4, 0.5) is 5.69 Å². The summed E-state index contributed by atoms with van der Waals surface area (Å²) in [4.78, 5) is 25.5. The molecule has 0 N–H and O–H groups in total. The van der Waals surface area contributed by atoms with Gasteiger partial charge in [-0.1, -0.05) is 50.1 Å². The summed E-state index contributed by atoms with van der Waals surface area (Å²) < 4.78 is 5.51. The van der Waals surface area contributed by atoms with Crippen LogP contribution in [0.3, 0.4) is 0 Å². The number of carbonyl (C=O) groups is 1. The third-order valence-electron chi connectivity index (χ3n) is 8.31. The van der Waals surface area contributed by atoms with Crippen LogP contribution in [0.5, 0.6) is 0 Å². The Morgan fingerprint density at radius 2 is 1.62 bits per heavy atom. The van der Waals surface area contributed by atoms with E-state index in [4.69, 9.17) is 4.74 Å². The molecule has 0 atom stereocenters. The fraction of sp³-hybridized carbons (Fsp3) is 0.471. The first-order valence-corrected chi connectivity index (χ1v) is 15.1. The zero-order valence-corrected chi connectivity index (χ0v) is 24.0. The number of pyridine rings is 1. The van der Waals surface area contributed by atoms with Gasteiger partial charge in [-0.3, -0.25) is 14.7 Å². The van der Waals surface area contributed by atoms with Gasteiger partial charge >= 0.3 is 0 Å². The van der Waals surface area contributed by atoms with E-state index >= 15 is 0 Å². The van der Waals surface area contributed by atoms with Crippen molar-refractivity contribution in [2.45, 2.75) is 64.6 Å². The molecule has 1 aromatic heterocycles. The molecule has 6 nitrogen and oxygen atoms in total. The van der Waals surface area contributed by atoms with Crippen molar-refractivity contribution in [1.29, 1.82) is 0 Å². The van der Waals surface area contributed by atoms with Crippen LogP contribution in [0.1, 0.15) is 66.2 Å². The van der Waals surface area contributed by atoms with Crippen molar-refractivity contribution in [2.24, 2.45) is 0 Å². The topological polar surface area (TPSA) is 48.9 Å². The lowest BCUT2D eigenvalue weighted by Gasteiger charge is -2.39. The number of aryl methyl sites for hydroxylation is 1. The van der Waals surface area contributed by atoms with Gasteiger partial charge in [0.1, 0.15) is 0 Å². The van der Waals surface area contributed by atoms with Gasteiger partial charge in [-0.2, -0.15) is 0 Å². The number of unbranched alkanes of at least 4 members (excludes halogenated alkanes) is 2. The van der Waals surface area contributed by atoms with Gasteiger partial charge in [0.2, 0.25) is 0 Å². The first kappa shape index (κ1) is 28.3. The van der Waals surface area contributed by atoms with Gasteiger partial charge in [0, 0.05) is 62.8 Å². The Bertz CT molecular complexity index is 1170. The normalized spacial score (nSPS) is 16.7. The monoisotopic (exact) mass is 540 g/mol. The van der Waals surface area contributed by atoms with Crippen molar-refractivity contribution in [3.05, 3.63) is 95.3 Å². The number of aromatic nitrogens is 1. The SMILES string of the molecule is CCCCCc1ccc(C(=O)N(Cc2ccc(N3CCOCC3)cc2)C2CCN(Cc3ccccn3)CC2)cc1. The molecule has 40 heavy (non-hydrogen) atoms. The highest BCUT2D eigenvalue weighted by atomic mass is 16.5. The summed E-state index contributed by atoms with van der Waals surface area (Å²) in [7, 11) is 0. The maximum absolute atomic E-state index is 14.0. The number of likely N-dealkylation sites (tertiary alicyclic amines) is 1. The van der Waals surface area contributed by atoms with E-state index in [2.05, 4.69) is 75.1 Å². The van der Waals surface area contributed by atoms with Crippen molar-refractivity contribution in [3.63, 3.8) is 0 Å². The maximum atomic E-state index is 14.0. The molecule has 2 aliphatic heterocycles. The number of anilines is 1. The van der Waals surface area contributed by atoms with E-state index in [1.54, 1.807) is 0 Å². The lowest BCUT2D eigenvalue weighted by molar-refractivity contribution is 0.0541. The van der Waals surface area contributed by atoms with Crippen LogP contribution in [0.15, 0.2) is 72.9 Å². The van der Waals surface area contributed by atoms with Crippen LogP contribution in [-0.2, 0) is 24.2 Å². The molecule has 0 saturated carbocycles. The van der Waals surface area contributed by atoms with Crippen molar-refractivity contribution >= 4 is 11.6 Å². The summed E-state index contributed by atoms with van der Waals surface area (Å²) >= 11 is 0. The molecule has 3 aromatic rings. The number of amides is 1. The van der Waals surface area contributed by atoms with Crippen LogP contribution >= 0.6 is 0 Å². The van der Waals surface area contributed by atoms with E-state index in [-0.39, 0.29) is 11.9 Å². The molecule has 2 aromatic carbocycles. The van der Waals surface area contributed by atoms with Crippen molar-refractivity contribution < 1.29 is 9.53 Å². The summed E-state index contributed by atoms with van der Waals surface area (Å²) in [6, 6.07) is 23.5. The molecule has 1 amide bonds. The molecule has 0 aliphatic carbocycles. The van der Waals surface area contributed by atoms with Crippen LogP contribution in [0.25, 0.3) is 0 Å². The third-order valence-corrected chi connectivity index (χ3v) is 8.31. The first-order valence-electron chi connectivity index (χ1n) is 15.1. The van der Waals surface area contributed by atoms with E-state index in [0.717, 1.165) is 76.5 Å². The lowest BCUT2D eigenvalue weighted by Crippen LogP contribution is -2.47. The molecular formula is C34H44N4O2. The summed E-state index contributed by atoms with van der Waals surface area (Å²) in [6.07, 6.45) is 8.56. The number of morpholine rings is 1. The first-order chi connectivity index (χ1) is 19.7. The standard InChI is InChI=1S/C34H44N4O2/c1-2-3-4-7-28-9-13-30(14-10-28)34(39)38(26-29-11-15-32(16-12-29)37-22-24-40-25-23-37)33-17-20-36(21-18-33)27-31-8-5-6-19-35-31/h5-6,8-16,19,33H,2-4,7,17-18,20-27H2,1H3. The molecule has 5 rings (SSSR count). The van der Waals surface area contributed by atoms with Gasteiger partial charge in [-0.15, -0.1) is 0 Å². The van der Waals surface area contributed by atoms with Crippen LogP contribution < -0.4 is 4.90 Å². The molecule has 0 spiro atoms. The van der Waals surface area contributed by atoms with Gasteiger partial charge in [-0.25, -0.2) is 0 Å². The highest BCUT2D eigenvalue weighted by Gasteiger charge is 2.29. The van der Waals surface area contributed by atoms with Crippen molar-refractivity contribution in [1.82, 2.24) is 14.8 Å². The Morgan fingerprint density at radius 3 is 2.30 bits per heavy atom. The Kier molecular flexibility index (Phi) is 10.2. The molecule has 212 valence electrons. The summed E-state index contributed by atoms with van der Waals surface area (Å²) in [5.74, 6) is 0.139. The smallest absolute Gasteiger partial charge is 0.254 e. The van der Waals surface area contributed by atoms with E-state index < -0.39 is 0 Å². The second-order valence-corrected chi connectivity index (χ2v) is 11.2. The minimum Gasteiger partial charge on any atom is -0.378 e. The Balaban J connectivity index is 1.28. The molecule has 0 bridgehead atoms. The van der Waals surface area contributed by atoms with Gasteiger partial charge < -0.3 is 14.5 Å². The number of benzene rings is 2. The molecule has 2 saturated heterocycles. The molecule has 2 fully saturated rings. The minimum atomic E-state index is 0.139. The number of nitrogens with zero attached hydrogens (tertiary/aromatic N) is 4.